The highest BCUT2D eigenvalue weighted by molar-refractivity contribution is 7.09. The minimum Gasteiger partial charge on any atom is -0.342 e. The van der Waals surface area contributed by atoms with Gasteiger partial charge in [0.05, 0.1) is 0 Å². The van der Waals surface area contributed by atoms with E-state index in [1.165, 1.54) is 4.88 Å². The second-order valence-corrected chi connectivity index (χ2v) is 6.38. The molecular weight excluding hydrogens is 244 g/mol. The first-order chi connectivity index (χ1) is 8.58. The van der Waals surface area contributed by atoms with Crippen LogP contribution in [0.25, 0.3) is 0 Å². The van der Waals surface area contributed by atoms with E-state index in [2.05, 4.69) is 24.4 Å². The number of rotatable bonds is 4. The van der Waals surface area contributed by atoms with Crippen molar-refractivity contribution in [1.29, 1.82) is 0 Å². The lowest BCUT2D eigenvalue weighted by Crippen LogP contribution is -2.39. The quantitative estimate of drug-likeness (QED) is 0.908. The number of thiophene rings is 1. The highest BCUT2D eigenvalue weighted by Crippen LogP contribution is 2.26. The fourth-order valence-electron chi connectivity index (χ4n) is 2.60. The Morgan fingerprint density at radius 2 is 2.39 bits per heavy atom. The van der Waals surface area contributed by atoms with E-state index in [-0.39, 0.29) is 23.9 Å². The smallest absolute Gasteiger partial charge is 0.225 e. The van der Waals surface area contributed by atoms with Crippen LogP contribution in [0.3, 0.4) is 0 Å². The van der Waals surface area contributed by atoms with Crippen molar-refractivity contribution in [2.45, 2.75) is 44.7 Å². The Bertz CT molecular complexity index is 391. The van der Waals surface area contributed by atoms with Gasteiger partial charge in [0, 0.05) is 36.3 Å². The largest absolute Gasteiger partial charge is 0.342 e. The van der Waals surface area contributed by atoms with Crippen molar-refractivity contribution in [3.63, 3.8) is 0 Å². The molecule has 1 fully saturated rings. The lowest BCUT2D eigenvalue weighted by Gasteiger charge is -2.27. The van der Waals surface area contributed by atoms with Crippen molar-refractivity contribution in [3.05, 3.63) is 22.4 Å². The summed E-state index contributed by atoms with van der Waals surface area (Å²) in [5.41, 5.74) is 5.88. The minimum atomic E-state index is 0.149. The molecule has 0 aliphatic heterocycles. The third-order valence-electron chi connectivity index (χ3n) is 3.91. The summed E-state index contributed by atoms with van der Waals surface area (Å²) < 4.78 is 0. The summed E-state index contributed by atoms with van der Waals surface area (Å²) in [6.45, 7) is 2.12. The van der Waals surface area contributed by atoms with Crippen molar-refractivity contribution in [2.75, 3.05) is 7.05 Å². The van der Waals surface area contributed by atoms with Gasteiger partial charge < -0.3 is 10.6 Å². The molecule has 3 unspecified atom stereocenters. The Labute approximate surface area is 113 Å². The van der Waals surface area contributed by atoms with Crippen LogP contribution in [0.5, 0.6) is 0 Å². The molecule has 3 nitrogen and oxygen atoms in total. The Kier molecular flexibility index (Phi) is 4.40. The van der Waals surface area contributed by atoms with Crippen LogP contribution >= 0.6 is 11.3 Å². The molecule has 0 spiro atoms. The Morgan fingerprint density at radius 1 is 1.61 bits per heavy atom. The van der Waals surface area contributed by atoms with Crippen LogP contribution in [-0.2, 0) is 11.2 Å². The number of amides is 1. The van der Waals surface area contributed by atoms with E-state index in [0.717, 1.165) is 25.7 Å². The number of carbonyl (C=O) groups excluding carboxylic acids is 1. The Morgan fingerprint density at radius 3 is 2.94 bits per heavy atom. The molecule has 1 aromatic heterocycles. The van der Waals surface area contributed by atoms with E-state index in [4.69, 9.17) is 5.73 Å². The molecule has 1 amide bonds. The average molecular weight is 266 g/mol. The normalized spacial score (nSPS) is 25.1. The molecule has 1 aliphatic carbocycles. The predicted molar refractivity (Wildman–Crippen MR) is 75.6 cm³/mol. The van der Waals surface area contributed by atoms with E-state index < -0.39 is 0 Å². The summed E-state index contributed by atoms with van der Waals surface area (Å²) in [5.74, 6) is 0.419. The minimum absolute atomic E-state index is 0.149. The van der Waals surface area contributed by atoms with Crippen LogP contribution < -0.4 is 5.73 Å². The van der Waals surface area contributed by atoms with Gasteiger partial charge in [-0.2, -0.15) is 0 Å². The van der Waals surface area contributed by atoms with E-state index in [0.29, 0.717) is 0 Å². The highest BCUT2D eigenvalue weighted by Gasteiger charge is 2.31. The van der Waals surface area contributed by atoms with Crippen LogP contribution in [0.2, 0.25) is 0 Å². The van der Waals surface area contributed by atoms with Crippen molar-refractivity contribution in [1.82, 2.24) is 4.90 Å². The van der Waals surface area contributed by atoms with Crippen molar-refractivity contribution < 1.29 is 4.79 Å². The molecule has 1 heterocycles. The summed E-state index contributed by atoms with van der Waals surface area (Å²) in [5, 5.41) is 2.08. The van der Waals surface area contributed by atoms with Gasteiger partial charge in [-0.25, -0.2) is 0 Å². The van der Waals surface area contributed by atoms with Crippen molar-refractivity contribution >= 4 is 17.2 Å². The Hall–Kier alpha value is -0.870. The summed E-state index contributed by atoms with van der Waals surface area (Å²) >= 11 is 1.76. The van der Waals surface area contributed by atoms with Gasteiger partial charge >= 0.3 is 0 Å². The zero-order valence-corrected chi connectivity index (χ0v) is 12.0. The topological polar surface area (TPSA) is 46.3 Å². The molecule has 4 heteroatoms. The first-order valence-electron chi connectivity index (χ1n) is 6.62. The summed E-state index contributed by atoms with van der Waals surface area (Å²) in [6, 6.07) is 4.67. The molecule has 2 rings (SSSR count). The third-order valence-corrected chi connectivity index (χ3v) is 4.81. The molecule has 0 bridgehead atoms. The second kappa shape index (κ2) is 5.85. The number of carbonyl (C=O) groups is 1. The van der Waals surface area contributed by atoms with E-state index in [1.54, 1.807) is 11.3 Å². The molecular formula is C14H22N2OS. The first kappa shape index (κ1) is 13.6. The summed E-state index contributed by atoms with van der Waals surface area (Å²) in [4.78, 5) is 15.6. The SMILES string of the molecule is CC(Cc1cccs1)N(C)C(=O)C1CCC(N)C1. The molecule has 2 N–H and O–H groups in total. The Balaban J connectivity index is 1.89. The maximum Gasteiger partial charge on any atom is 0.225 e. The van der Waals surface area contributed by atoms with Crippen molar-refractivity contribution in [2.24, 2.45) is 11.7 Å². The maximum atomic E-state index is 12.3. The van der Waals surface area contributed by atoms with Crippen molar-refractivity contribution in [3.8, 4) is 0 Å². The molecule has 0 radical (unpaired) electrons. The van der Waals surface area contributed by atoms with Gasteiger partial charge in [0.1, 0.15) is 0 Å². The van der Waals surface area contributed by atoms with Crippen LogP contribution in [-0.4, -0.2) is 29.9 Å². The van der Waals surface area contributed by atoms with Crippen LogP contribution in [0.1, 0.15) is 31.1 Å². The zero-order valence-electron chi connectivity index (χ0n) is 11.1. The standard InChI is InChI=1S/C14H22N2OS/c1-10(8-13-4-3-7-18-13)16(2)14(17)11-5-6-12(15)9-11/h3-4,7,10-12H,5-6,8-9,15H2,1-2H3. The van der Waals surface area contributed by atoms with E-state index >= 15 is 0 Å². The molecule has 0 aromatic carbocycles. The maximum absolute atomic E-state index is 12.3. The van der Waals surface area contributed by atoms with Gasteiger partial charge in [-0.15, -0.1) is 11.3 Å². The van der Waals surface area contributed by atoms with Gasteiger partial charge in [-0.3, -0.25) is 4.79 Å². The van der Waals surface area contributed by atoms with E-state index in [9.17, 15) is 4.79 Å². The highest BCUT2D eigenvalue weighted by atomic mass is 32.1. The fourth-order valence-corrected chi connectivity index (χ4v) is 3.43. The summed E-state index contributed by atoms with van der Waals surface area (Å²) in [7, 11) is 1.92. The first-order valence-corrected chi connectivity index (χ1v) is 7.50. The summed E-state index contributed by atoms with van der Waals surface area (Å²) in [6.07, 6.45) is 3.74. The molecule has 0 saturated heterocycles. The molecule has 3 atom stereocenters. The van der Waals surface area contributed by atoms with Gasteiger partial charge in [0.15, 0.2) is 0 Å². The monoisotopic (exact) mass is 266 g/mol. The predicted octanol–water partition coefficient (Wildman–Crippen LogP) is 2.26. The molecule has 1 aliphatic rings. The average Bonchev–Trinajstić information content (AvgIpc) is 2.98. The van der Waals surface area contributed by atoms with Gasteiger partial charge in [0.25, 0.3) is 0 Å². The van der Waals surface area contributed by atoms with E-state index in [1.807, 2.05) is 11.9 Å². The zero-order chi connectivity index (χ0) is 13.1. The molecule has 1 aromatic rings. The van der Waals surface area contributed by atoms with Gasteiger partial charge in [-0.05, 0) is 37.6 Å². The molecule has 100 valence electrons. The molecule has 18 heavy (non-hydrogen) atoms. The van der Waals surface area contributed by atoms with Crippen LogP contribution in [0.4, 0.5) is 0 Å². The van der Waals surface area contributed by atoms with Gasteiger partial charge in [0.2, 0.25) is 5.91 Å². The molecule has 1 saturated carbocycles. The number of hydrogen-bond donors (Lipinski definition) is 1. The number of hydrogen-bond acceptors (Lipinski definition) is 3. The van der Waals surface area contributed by atoms with Crippen LogP contribution in [0, 0.1) is 5.92 Å². The number of likely N-dealkylation sites (N-methyl/N-ethyl adjacent to an activating group) is 1. The fraction of sp³-hybridized carbons (Fsp3) is 0.643. The van der Waals surface area contributed by atoms with Gasteiger partial charge in [-0.1, -0.05) is 6.07 Å². The number of nitrogens with zero attached hydrogens (tertiary/aromatic N) is 1. The lowest BCUT2D eigenvalue weighted by molar-refractivity contribution is -0.135. The van der Waals surface area contributed by atoms with Crippen LogP contribution in [0.15, 0.2) is 17.5 Å². The lowest BCUT2D eigenvalue weighted by atomic mass is 10.0. The second-order valence-electron chi connectivity index (χ2n) is 5.35. The number of nitrogens with two attached hydrogens (primary N) is 1. The third kappa shape index (κ3) is 3.12.